The number of carbonyl (C=O) groups is 1. The zero-order chi connectivity index (χ0) is 16.8. The number of nitrogens with one attached hydrogen (secondary N) is 1. The van der Waals surface area contributed by atoms with Gasteiger partial charge in [0.05, 0.1) is 11.6 Å². The number of halogens is 2. The molecule has 0 aromatic heterocycles. The Kier molecular flexibility index (Phi) is 5.38. The van der Waals surface area contributed by atoms with E-state index in [1.54, 1.807) is 24.3 Å². The predicted molar refractivity (Wildman–Crippen MR) is 89.8 cm³/mol. The Bertz CT molecular complexity index is 839. The third-order valence-corrected chi connectivity index (χ3v) is 3.27. The summed E-state index contributed by atoms with van der Waals surface area (Å²) >= 11 is 11.7. The average molecular weight is 342 g/mol. The van der Waals surface area contributed by atoms with E-state index in [1.807, 2.05) is 12.1 Å². The lowest BCUT2D eigenvalue weighted by atomic mass is 10.1. The van der Waals surface area contributed by atoms with Crippen LogP contribution in [0.1, 0.15) is 11.1 Å². The van der Waals surface area contributed by atoms with Crippen molar-refractivity contribution in [2.75, 3.05) is 5.32 Å². The van der Waals surface area contributed by atoms with Crippen molar-refractivity contribution < 1.29 is 4.79 Å². The Hall–Kier alpha value is -2.79. The molecule has 112 valence electrons. The maximum atomic E-state index is 12.2. The summed E-state index contributed by atoms with van der Waals surface area (Å²) in [6, 6.07) is 15.0. The molecule has 2 rings (SSSR count). The first-order chi connectivity index (χ1) is 11.0. The maximum Gasteiger partial charge on any atom is 0.266 e. The fraction of sp³-hybridized carbons (Fsp3) is 0. The molecule has 1 amide bonds. The van der Waals surface area contributed by atoms with Crippen LogP contribution >= 0.6 is 23.2 Å². The summed E-state index contributed by atoms with van der Waals surface area (Å²) in [6.45, 7) is 0. The quantitative estimate of drug-likeness (QED) is 0.663. The minimum absolute atomic E-state index is 0.0780. The van der Waals surface area contributed by atoms with Gasteiger partial charge >= 0.3 is 0 Å². The average Bonchev–Trinajstić information content (AvgIpc) is 2.52. The molecule has 0 spiro atoms. The van der Waals surface area contributed by atoms with Crippen LogP contribution in [-0.4, -0.2) is 5.91 Å². The van der Waals surface area contributed by atoms with Crippen molar-refractivity contribution in [3.8, 4) is 12.1 Å². The van der Waals surface area contributed by atoms with Crippen LogP contribution in [-0.2, 0) is 4.79 Å². The van der Waals surface area contributed by atoms with Crippen LogP contribution in [0.4, 0.5) is 5.69 Å². The van der Waals surface area contributed by atoms with Crippen molar-refractivity contribution in [1.29, 1.82) is 10.5 Å². The third-order valence-electron chi connectivity index (χ3n) is 2.84. The highest BCUT2D eigenvalue weighted by atomic mass is 35.5. The van der Waals surface area contributed by atoms with Crippen LogP contribution in [0.15, 0.2) is 48.0 Å². The van der Waals surface area contributed by atoms with Crippen molar-refractivity contribution in [3.05, 3.63) is 69.2 Å². The number of amides is 1. The molecular weight excluding hydrogens is 333 g/mol. The van der Waals surface area contributed by atoms with Crippen LogP contribution in [0.2, 0.25) is 10.0 Å². The monoisotopic (exact) mass is 341 g/mol. The fourth-order valence-corrected chi connectivity index (χ4v) is 2.32. The molecule has 2 aromatic carbocycles. The van der Waals surface area contributed by atoms with Crippen LogP contribution in [0, 0.1) is 22.7 Å². The molecule has 0 aliphatic carbocycles. The molecule has 0 aliphatic rings. The van der Waals surface area contributed by atoms with Gasteiger partial charge in [-0.05, 0) is 42.0 Å². The van der Waals surface area contributed by atoms with Gasteiger partial charge in [-0.1, -0.05) is 35.3 Å². The highest BCUT2D eigenvalue weighted by Gasteiger charge is 2.10. The Morgan fingerprint density at radius 1 is 1.04 bits per heavy atom. The van der Waals surface area contributed by atoms with Gasteiger partial charge in [0.25, 0.3) is 5.91 Å². The number of carbonyl (C=O) groups excluding carboxylic acids is 1. The molecule has 1 N–H and O–H groups in total. The molecular formula is C17H9Cl2N3O. The predicted octanol–water partition coefficient (Wildman–Crippen LogP) is 4.41. The van der Waals surface area contributed by atoms with E-state index >= 15 is 0 Å². The third kappa shape index (κ3) is 4.59. The normalized spacial score (nSPS) is 10.5. The number of rotatable bonds is 3. The van der Waals surface area contributed by atoms with Crippen molar-refractivity contribution in [3.63, 3.8) is 0 Å². The van der Waals surface area contributed by atoms with Crippen molar-refractivity contribution >= 4 is 40.9 Å². The molecule has 0 radical (unpaired) electrons. The van der Waals surface area contributed by atoms with Gasteiger partial charge in [0.15, 0.2) is 0 Å². The first-order valence-electron chi connectivity index (χ1n) is 6.41. The topological polar surface area (TPSA) is 76.7 Å². The summed E-state index contributed by atoms with van der Waals surface area (Å²) in [4.78, 5) is 12.2. The van der Waals surface area contributed by atoms with Crippen LogP contribution in [0.5, 0.6) is 0 Å². The lowest BCUT2D eigenvalue weighted by molar-refractivity contribution is -0.112. The molecule has 0 heterocycles. The van der Waals surface area contributed by atoms with E-state index in [0.29, 0.717) is 26.9 Å². The fourth-order valence-electron chi connectivity index (χ4n) is 1.79. The number of nitriles is 2. The van der Waals surface area contributed by atoms with E-state index in [9.17, 15) is 4.79 Å². The molecule has 0 fully saturated rings. The number of hydrogen-bond acceptors (Lipinski definition) is 3. The molecule has 0 unspecified atom stereocenters. The summed E-state index contributed by atoms with van der Waals surface area (Å²) < 4.78 is 0. The molecule has 0 bridgehead atoms. The minimum atomic E-state index is -0.574. The Balaban J connectivity index is 2.22. The standard InChI is InChI=1S/C17H9Cl2N3O/c18-14-6-15(19)8-16(7-14)22-17(23)13(10-21)5-11-1-3-12(9-20)4-2-11/h1-8H,(H,22,23)/b13-5-. The van der Waals surface area contributed by atoms with E-state index in [4.69, 9.17) is 33.7 Å². The number of nitrogens with zero attached hydrogens (tertiary/aromatic N) is 2. The molecule has 0 atom stereocenters. The summed E-state index contributed by atoms with van der Waals surface area (Å²) in [5.74, 6) is -0.574. The first-order valence-corrected chi connectivity index (χ1v) is 7.17. The van der Waals surface area contributed by atoms with Crippen LogP contribution in [0.25, 0.3) is 6.08 Å². The van der Waals surface area contributed by atoms with E-state index in [-0.39, 0.29) is 5.57 Å². The highest BCUT2D eigenvalue weighted by Crippen LogP contribution is 2.23. The van der Waals surface area contributed by atoms with Crippen LogP contribution in [0.3, 0.4) is 0 Å². The molecule has 0 saturated carbocycles. The molecule has 6 heteroatoms. The molecule has 0 aliphatic heterocycles. The second-order valence-corrected chi connectivity index (χ2v) is 5.39. The smallest absolute Gasteiger partial charge is 0.266 e. The van der Waals surface area contributed by atoms with Gasteiger partial charge < -0.3 is 5.32 Å². The number of anilines is 1. The number of benzene rings is 2. The first kappa shape index (κ1) is 16.6. The van der Waals surface area contributed by atoms with Gasteiger partial charge in [0, 0.05) is 15.7 Å². The Morgan fingerprint density at radius 2 is 1.65 bits per heavy atom. The maximum absolute atomic E-state index is 12.2. The zero-order valence-corrected chi connectivity index (χ0v) is 13.2. The lowest BCUT2D eigenvalue weighted by Crippen LogP contribution is -2.13. The van der Waals surface area contributed by atoms with Crippen molar-refractivity contribution in [1.82, 2.24) is 0 Å². The Morgan fingerprint density at radius 3 is 2.17 bits per heavy atom. The van der Waals surface area contributed by atoms with Crippen LogP contribution < -0.4 is 5.32 Å². The molecule has 4 nitrogen and oxygen atoms in total. The van der Waals surface area contributed by atoms with Gasteiger partial charge in [0.1, 0.15) is 11.6 Å². The van der Waals surface area contributed by atoms with Crippen molar-refractivity contribution in [2.24, 2.45) is 0 Å². The SMILES string of the molecule is N#C/C(=C/c1ccc(C#N)cc1)C(=O)Nc1cc(Cl)cc(Cl)c1. The lowest BCUT2D eigenvalue weighted by Gasteiger charge is -2.05. The molecule has 2 aromatic rings. The minimum Gasteiger partial charge on any atom is -0.321 e. The second kappa shape index (κ2) is 7.47. The zero-order valence-electron chi connectivity index (χ0n) is 11.7. The summed E-state index contributed by atoms with van der Waals surface area (Å²) in [6.07, 6.45) is 1.43. The number of hydrogen-bond donors (Lipinski definition) is 1. The highest BCUT2D eigenvalue weighted by molar-refractivity contribution is 6.35. The van der Waals surface area contributed by atoms with E-state index in [0.717, 1.165) is 0 Å². The second-order valence-electron chi connectivity index (χ2n) is 4.52. The van der Waals surface area contributed by atoms with Gasteiger partial charge in [0.2, 0.25) is 0 Å². The summed E-state index contributed by atoms with van der Waals surface area (Å²) in [7, 11) is 0. The van der Waals surface area contributed by atoms with Gasteiger partial charge in [-0.3, -0.25) is 4.79 Å². The molecule has 0 saturated heterocycles. The van der Waals surface area contributed by atoms with E-state index in [2.05, 4.69) is 5.32 Å². The summed E-state index contributed by atoms with van der Waals surface area (Å²) in [5, 5.41) is 21.2. The molecule has 23 heavy (non-hydrogen) atoms. The van der Waals surface area contributed by atoms with Gasteiger partial charge in [-0.25, -0.2) is 0 Å². The largest absolute Gasteiger partial charge is 0.321 e. The van der Waals surface area contributed by atoms with E-state index in [1.165, 1.54) is 24.3 Å². The Labute approximate surface area is 143 Å². The van der Waals surface area contributed by atoms with E-state index < -0.39 is 5.91 Å². The van der Waals surface area contributed by atoms with Gasteiger partial charge in [-0.15, -0.1) is 0 Å². The summed E-state index contributed by atoms with van der Waals surface area (Å²) in [5.41, 5.74) is 1.46. The van der Waals surface area contributed by atoms with Crippen molar-refractivity contribution in [2.45, 2.75) is 0 Å². The van der Waals surface area contributed by atoms with Gasteiger partial charge in [-0.2, -0.15) is 10.5 Å².